The zero-order chi connectivity index (χ0) is 6.57. The van der Waals surface area contributed by atoms with Crippen LogP contribution in [0.4, 0.5) is 0 Å². The molecule has 0 fully saturated rings. The number of aliphatic hydroxyl groups is 1. The first-order valence-electron chi connectivity index (χ1n) is 2.43. The third kappa shape index (κ3) is 5.36. The van der Waals surface area contributed by atoms with E-state index in [0.717, 1.165) is 0 Å². The molecule has 0 saturated heterocycles. The van der Waals surface area contributed by atoms with Crippen molar-refractivity contribution >= 4 is 0 Å². The first kappa shape index (κ1) is 7.36. The molecule has 1 unspecified atom stereocenters. The van der Waals surface area contributed by atoms with Crippen molar-refractivity contribution in [3.05, 3.63) is 10.1 Å². The lowest BCUT2D eigenvalue weighted by Gasteiger charge is -1.95. The lowest BCUT2D eigenvalue weighted by atomic mass is 10.3. The highest BCUT2D eigenvalue weighted by atomic mass is 16.6. The van der Waals surface area contributed by atoms with Crippen LogP contribution in [0.3, 0.4) is 0 Å². The van der Waals surface area contributed by atoms with E-state index in [1.807, 2.05) is 0 Å². The summed E-state index contributed by atoms with van der Waals surface area (Å²) in [7, 11) is 0. The molecular weight excluding hydrogens is 110 g/mol. The van der Waals surface area contributed by atoms with E-state index >= 15 is 0 Å². The Morgan fingerprint density at radius 3 is 2.50 bits per heavy atom. The molecule has 0 bridgehead atoms. The molecule has 0 heterocycles. The van der Waals surface area contributed by atoms with Crippen LogP contribution in [0.5, 0.6) is 0 Å². The van der Waals surface area contributed by atoms with E-state index in [2.05, 4.69) is 0 Å². The molecule has 4 nitrogen and oxygen atoms in total. The maximum atomic E-state index is 9.60. The van der Waals surface area contributed by atoms with E-state index in [1.54, 1.807) is 0 Å². The van der Waals surface area contributed by atoms with E-state index in [0.29, 0.717) is 0 Å². The largest absolute Gasteiger partial charge is 0.393 e. The van der Waals surface area contributed by atoms with E-state index in [1.165, 1.54) is 6.92 Å². The van der Waals surface area contributed by atoms with Gasteiger partial charge in [0.15, 0.2) is 0 Å². The van der Waals surface area contributed by atoms with Crippen LogP contribution in [0.25, 0.3) is 0 Å². The Hall–Kier alpha value is -0.640. The van der Waals surface area contributed by atoms with Crippen LogP contribution in [0.15, 0.2) is 0 Å². The molecule has 0 spiro atoms. The van der Waals surface area contributed by atoms with Crippen molar-refractivity contribution in [2.45, 2.75) is 19.4 Å². The monoisotopic (exact) mass is 119 g/mol. The van der Waals surface area contributed by atoms with Gasteiger partial charge in [-0.3, -0.25) is 10.1 Å². The van der Waals surface area contributed by atoms with Crippen molar-refractivity contribution in [3.8, 4) is 0 Å². The van der Waals surface area contributed by atoms with Crippen molar-refractivity contribution in [1.82, 2.24) is 0 Å². The second kappa shape index (κ2) is 3.37. The van der Waals surface area contributed by atoms with Crippen molar-refractivity contribution in [2.24, 2.45) is 0 Å². The van der Waals surface area contributed by atoms with Gasteiger partial charge in [0.2, 0.25) is 6.54 Å². The molecule has 0 aromatic carbocycles. The zero-order valence-electron chi connectivity index (χ0n) is 4.70. The molecule has 8 heavy (non-hydrogen) atoms. The maximum absolute atomic E-state index is 9.60. The van der Waals surface area contributed by atoms with Gasteiger partial charge in [0.1, 0.15) is 0 Å². The number of hydrogen-bond donors (Lipinski definition) is 1. The molecule has 0 aliphatic rings. The molecular formula is C4H9NO3. The minimum atomic E-state index is -0.555. The molecule has 1 N–H and O–H groups in total. The fraction of sp³-hybridized carbons (Fsp3) is 1.00. The number of rotatable bonds is 3. The lowest BCUT2D eigenvalue weighted by Crippen LogP contribution is -2.08. The van der Waals surface area contributed by atoms with Crippen LogP contribution < -0.4 is 0 Å². The standard InChI is InChI=1S/C4H9NO3/c1-4(6)2-3-5(7)8/h4,6H,2-3H2,1H3. The van der Waals surface area contributed by atoms with Gasteiger partial charge in [-0.05, 0) is 6.92 Å². The molecule has 0 aliphatic carbocycles. The van der Waals surface area contributed by atoms with E-state index in [9.17, 15) is 10.1 Å². The number of aliphatic hydroxyl groups excluding tert-OH is 1. The number of nitro groups is 1. The summed E-state index contributed by atoms with van der Waals surface area (Å²) in [5, 5.41) is 18.1. The van der Waals surface area contributed by atoms with Crippen molar-refractivity contribution in [1.29, 1.82) is 0 Å². The van der Waals surface area contributed by atoms with E-state index in [-0.39, 0.29) is 13.0 Å². The summed E-state index contributed by atoms with van der Waals surface area (Å²) in [4.78, 5) is 9.16. The van der Waals surface area contributed by atoms with Gasteiger partial charge in [-0.1, -0.05) is 0 Å². The van der Waals surface area contributed by atoms with Crippen LogP contribution in [-0.2, 0) is 0 Å². The Labute approximate surface area is 47.3 Å². The van der Waals surface area contributed by atoms with Gasteiger partial charge < -0.3 is 5.11 Å². The summed E-state index contributed by atoms with van der Waals surface area (Å²) < 4.78 is 0. The average Bonchev–Trinajstić information content (AvgIpc) is 1.61. The predicted octanol–water partition coefficient (Wildman–Crippen LogP) is 0.0340. The summed E-state index contributed by atoms with van der Waals surface area (Å²) in [6, 6.07) is 0. The Kier molecular flexibility index (Phi) is 3.10. The molecule has 0 rings (SSSR count). The highest BCUT2D eigenvalue weighted by Crippen LogP contribution is 1.87. The van der Waals surface area contributed by atoms with Crippen LogP contribution in [0.2, 0.25) is 0 Å². The molecule has 1 atom stereocenters. The fourth-order valence-electron chi connectivity index (χ4n) is 0.292. The zero-order valence-corrected chi connectivity index (χ0v) is 4.70. The first-order chi connectivity index (χ1) is 3.63. The highest BCUT2D eigenvalue weighted by molar-refractivity contribution is 4.42. The lowest BCUT2D eigenvalue weighted by molar-refractivity contribution is -0.481. The summed E-state index contributed by atoms with van der Waals surface area (Å²) >= 11 is 0. The molecule has 48 valence electrons. The van der Waals surface area contributed by atoms with Gasteiger partial charge in [0, 0.05) is 11.3 Å². The van der Waals surface area contributed by atoms with Crippen LogP contribution in [0.1, 0.15) is 13.3 Å². The highest BCUT2D eigenvalue weighted by Gasteiger charge is 2.00. The Morgan fingerprint density at radius 2 is 2.38 bits per heavy atom. The molecule has 0 radical (unpaired) electrons. The summed E-state index contributed by atoms with van der Waals surface area (Å²) in [6.07, 6.45) is -0.312. The predicted molar refractivity (Wildman–Crippen MR) is 28.2 cm³/mol. The quantitative estimate of drug-likeness (QED) is 0.421. The normalized spacial score (nSPS) is 13.2. The molecule has 0 aromatic heterocycles. The van der Waals surface area contributed by atoms with Gasteiger partial charge in [0.25, 0.3) is 0 Å². The minimum absolute atomic E-state index is 0.141. The Balaban J connectivity index is 3.05. The Bertz CT molecular complexity index is 81.4. The van der Waals surface area contributed by atoms with Gasteiger partial charge in [0.05, 0.1) is 6.10 Å². The molecule has 0 aliphatic heterocycles. The fourth-order valence-corrected chi connectivity index (χ4v) is 0.292. The van der Waals surface area contributed by atoms with Gasteiger partial charge in [-0.25, -0.2) is 0 Å². The van der Waals surface area contributed by atoms with Crippen molar-refractivity contribution < 1.29 is 10.0 Å². The molecule has 0 saturated carbocycles. The second-order valence-electron chi connectivity index (χ2n) is 1.69. The summed E-state index contributed by atoms with van der Waals surface area (Å²) in [6.45, 7) is 1.39. The van der Waals surface area contributed by atoms with E-state index < -0.39 is 11.0 Å². The van der Waals surface area contributed by atoms with Gasteiger partial charge >= 0.3 is 0 Å². The molecule has 0 aromatic rings. The second-order valence-corrected chi connectivity index (χ2v) is 1.69. The van der Waals surface area contributed by atoms with E-state index in [4.69, 9.17) is 5.11 Å². The average molecular weight is 119 g/mol. The Morgan fingerprint density at radius 1 is 1.88 bits per heavy atom. The topological polar surface area (TPSA) is 63.4 Å². The number of hydrogen-bond acceptors (Lipinski definition) is 3. The third-order valence-electron chi connectivity index (χ3n) is 0.729. The van der Waals surface area contributed by atoms with Crippen molar-refractivity contribution in [2.75, 3.05) is 6.54 Å². The summed E-state index contributed by atoms with van der Waals surface area (Å²) in [5.74, 6) is 0. The smallest absolute Gasteiger partial charge is 0.206 e. The number of nitrogens with zero attached hydrogens (tertiary/aromatic N) is 1. The third-order valence-corrected chi connectivity index (χ3v) is 0.729. The maximum Gasteiger partial charge on any atom is 0.206 e. The van der Waals surface area contributed by atoms with Crippen molar-refractivity contribution in [3.63, 3.8) is 0 Å². The van der Waals surface area contributed by atoms with Gasteiger partial charge in [-0.15, -0.1) is 0 Å². The molecule has 4 heteroatoms. The van der Waals surface area contributed by atoms with Crippen LogP contribution in [-0.4, -0.2) is 22.7 Å². The summed E-state index contributed by atoms with van der Waals surface area (Å²) in [5.41, 5.74) is 0. The van der Waals surface area contributed by atoms with Crippen LogP contribution in [0, 0.1) is 10.1 Å². The molecule has 0 amide bonds. The SMILES string of the molecule is CC(O)CC[N+](=O)[O-]. The first-order valence-corrected chi connectivity index (χ1v) is 2.43. The van der Waals surface area contributed by atoms with Gasteiger partial charge in [-0.2, -0.15) is 0 Å². The van der Waals surface area contributed by atoms with Crippen LogP contribution >= 0.6 is 0 Å². The minimum Gasteiger partial charge on any atom is -0.393 e.